The molecule has 0 saturated heterocycles. The fraction of sp³-hybridized carbons (Fsp3) is 0.0909. The first-order valence-electron chi connectivity index (χ1n) is 4.89. The molecule has 2 heterocycles. The van der Waals surface area contributed by atoms with Crippen molar-refractivity contribution in [2.24, 2.45) is 0 Å². The van der Waals surface area contributed by atoms with Gasteiger partial charge in [0.2, 0.25) is 0 Å². The third kappa shape index (κ3) is 3.48. The predicted molar refractivity (Wildman–Crippen MR) is 64.6 cm³/mol. The third-order valence-electron chi connectivity index (χ3n) is 2.07. The van der Waals surface area contributed by atoms with E-state index in [1.807, 2.05) is 0 Å². The number of carbonyl (C=O) groups is 1. The molecule has 0 unspecified atom stereocenters. The van der Waals surface area contributed by atoms with E-state index in [1.165, 1.54) is 6.07 Å². The van der Waals surface area contributed by atoms with Crippen LogP contribution < -0.4 is 0 Å². The second-order valence-electron chi connectivity index (χ2n) is 3.43. The van der Waals surface area contributed by atoms with Crippen molar-refractivity contribution in [3.63, 3.8) is 0 Å². The van der Waals surface area contributed by atoms with Crippen LogP contribution in [0.4, 0.5) is 13.2 Å². The number of nitrogens with zero attached hydrogens (tertiary/aromatic N) is 1. The van der Waals surface area contributed by atoms with E-state index in [-0.39, 0.29) is 9.90 Å². The van der Waals surface area contributed by atoms with Crippen LogP contribution in [0.3, 0.4) is 0 Å². The van der Waals surface area contributed by atoms with Crippen LogP contribution in [-0.2, 0) is 6.18 Å². The molecule has 2 aromatic rings. The van der Waals surface area contributed by atoms with E-state index < -0.39 is 17.7 Å². The average Bonchev–Trinajstić information content (AvgIpc) is 2.77. The van der Waals surface area contributed by atoms with Crippen LogP contribution >= 0.6 is 23.1 Å². The van der Waals surface area contributed by atoms with Gasteiger partial charge in [0.1, 0.15) is 9.90 Å². The first kappa shape index (κ1) is 13.9. The van der Waals surface area contributed by atoms with Gasteiger partial charge in [0.05, 0.1) is 5.56 Å². The van der Waals surface area contributed by atoms with Gasteiger partial charge in [-0.3, -0.25) is 0 Å². The maximum Gasteiger partial charge on any atom is 0.416 e. The zero-order chi connectivity index (χ0) is 14.0. The lowest BCUT2D eigenvalue weighted by Gasteiger charge is -2.07. The minimum absolute atomic E-state index is 0.134. The molecule has 0 aliphatic carbocycles. The maximum atomic E-state index is 12.5. The zero-order valence-electron chi connectivity index (χ0n) is 9.14. The number of pyridine rings is 1. The molecule has 0 spiro atoms. The van der Waals surface area contributed by atoms with E-state index >= 15 is 0 Å². The van der Waals surface area contributed by atoms with Gasteiger partial charge in [0.15, 0.2) is 0 Å². The number of carboxylic acid groups (broad SMARTS) is 1. The van der Waals surface area contributed by atoms with Gasteiger partial charge in [0, 0.05) is 16.5 Å². The highest BCUT2D eigenvalue weighted by Crippen LogP contribution is 2.34. The molecule has 0 bridgehead atoms. The molecular formula is C11H6F3NO2S2. The molecule has 0 aromatic carbocycles. The molecule has 0 aliphatic rings. The van der Waals surface area contributed by atoms with Crippen molar-refractivity contribution < 1.29 is 23.1 Å². The van der Waals surface area contributed by atoms with Crippen LogP contribution in [0.5, 0.6) is 0 Å². The van der Waals surface area contributed by atoms with Crippen LogP contribution in [0.25, 0.3) is 0 Å². The van der Waals surface area contributed by atoms with Crippen LogP contribution in [0.1, 0.15) is 15.2 Å². The Hall–Kier alpha value is -1.54. The summed E-state index contributed by atoms with van der Waals surface area (Å²) in [5, 5.41) is 10.5. The number of carboxylic acids is 1. The highest BCUT2D eigenvalue weighted by atomic mass is 32.2. The normalized spacial score (nSPS) is 11.5. The van der Waals surface area contributed by atoms with E-state index in [9.17, 15) is 18.0 Å². The summed E-state index contributed by atoms with van der Waals surface area (Å²) in [7, 11) is 0. The van der Waals surface area contributed by atoms with Crippen LogP contribution in [0.2, 0.25) is 0 Å². The van der Waals surface area contributed by atoms with E-state index in [2.05, 4.69) is 4.98 Å². The summed E-state index contributed by atoms with van der Waals surface area (Å²) in [6.07, 6.45) is -3.34. The second kappa shape index (κ2) is 5.22. The van der Waals surface area contributed by atoms with E-state index in [0.717, 1.165) is 41.4 Å². The molecule has 0 aliphatic heterocycles. The fourth-order valence-corrected chi connectivity index (χ4v) is 2.98. The van der Waals surface area contributed by atoms with Gasteiger partial charge in [0.25, 0.3) is 0 Å². The number of hydrogen-bond acceptors (Lipinski definition) is 4. The van der Waals surface area contributed by atoms with Gasteiger partial charge in [-0.25, -0.2) is 9.78 Å². The number of aromatic carboxylic acids is 1. The second-order valence-corrected chi connectivity index (χ2v) is 5.44. The molecule has 100 valence electrons. The minimum atomic E-state index is -4.42. The predicted octanol–water partition coefficient (Wildman–Crippen LogP) is 4.01. The van der Waals surface area contributed by atoms with Crippen molar-refractivity contribution in [2.75, 3.05) is 0 Å². The topological polar surface area (TPSA) is 50.2 Å². The summed E-state index contributed by atoms with van der Waals surface area (Å²) in [4.78, 5) is 15.2. The summed E-state index contributed by atoms with van der Waals surface area (Å²) < 4.78 is 37.5. The molecule has 19 heavy (non-hydrogen) atoms. The minimum Gasteiger partial charge on any atom is -0.477 e. The monoisotopic (exact) mass is 305 g/mol. The highest BCUT2D eigenvalue weighted by molar-refractivity contribution is 7.99. The average molecular weight is 305 g/mol. The molecule has 2 aromatic heterocycles. The van der Waals surface area contributed by atoms with E-state index in [0.29, 0.717) is 4.90 Å². The van der Waals surface area contributed by atoms with Crippen molar-refractivity contribution in [1.29, 1.82) is 0 Å². The Morgan fingerprint density at radius 3 is 2.68 bits per heavy atom. The summed E-state index contributed by atoms with van der Waals surface area (Å²) in [5.74, 6) is -1.06. The number of aromatic nitrogens is 1. The third-order valence-corrected chi connectivity index (χ3v) is 4.04. The van der Waals surface area contributed by atoms with Crippen molar-refractivity contribution in [2.45, 2.75) is 16.1 Å². The van der Waals surface area contributed by atoms with E-state index in [1.54, 1.807) is 5.38 Å². The number of halogens is 3. The highest BCUT2D eigenvalue weighted by Gasteiger charge is 2.30. The zero-order valence-corrected chi connectivity index (χ0v) is 10.8. The Kier molecular flexibility index (Phi) is 3.81. The Labute approximate surface area is 114 Å². The van der Waals surface area contributed by atoms with Gasteiger partial charge >= 0.3 is 12.1 Å². The van der Waals surface area contributed by atoms with Crippen molar-refractivity contribution in [1.82, 2.24) is 4.98 Å². The first-order chi connectivity index (χ1) is 8.86. The van der Waals surface area contributed by atoms with Crippen LogP contribution in [0, 0.1) is 0 Å². The van der Waals surface area contributed by atoms with Crippen LogP contribution in [-0.4, -0.2) is 16.1 Å². The Balaban J connectivity index is 2.21. The molecule has 2 rings (SSSR count). The lowest BCUT2D eigenvalue weighted by Crippen LogP contribution is -2.04. The molecule has 0 atom stereocenters. The van der Waals surface area contributed by atoms with Gasteiger partial charge in [-0.1, -0.05) is 11.8 Å². The SMILES string of the molecule is O=C(O)c1cc(Sc2cc(C(F)(F)F)ccn2)cs1. The summed E-state index contributed by atoms with van der Waals surface area (Å²) in [6, 6.07) is 3.22. The van der Waals surface area contributed by atoms with Crippen molar-refractivity contribution in [3.8, 4) is 0 Å². The molecule has 0 fully saturated rings. The maximum absolute atomic E-state index is 12.5. The van der Waals surface area contributed by atoms with Crippen molar-refractivity contribution >= 4 is 29.1 Å². The van der Waals surface area contributed by atoms with Gasteiger partial charge in [-0.15, -0.1) is 11.3 Å². The summed E-state index contributed by atoms with van der Waals surface area (Å²) >= 11 is 2.01. The van der Waals surface area contributed by atoms with Gasteiger partial charge < -0.3 is 5.11 Å². The van der Waals surface area contributed by atoms with Crippen molar-refractivity contribution in [3.05, 3.63) is 40.2 Å². The summed E-state index contributed by atoms with van der Waals surface area (Å²) in [6.45, 7) is 0. The molecule has 0 amide bonds. The standard InChI is InChI=1S/C11H6F3NO2S2/c12-11(13,14)6-1-2-15-9(3-6)19-7-4-8(10(16)17)18-5-7/h1-5H,(H,16,17). The van der Waals surface area contributed by atoms with Gasteiger partial charge in [-0.05, 0) is 18.2 Å². The Morgan fingerprint density at radius 1 is 1.37 bits per heavy atom. The number of alkyl halides is 3. The largest absolute Gasteiger partial charge is 0.477 e. The molecule has 3 nitrogen and oxygen atoms in total. The lowest BCUT2D eigenvalue weighted by molar-refractivity contribution is -0.137. The molecule has 0 radical (unpaired) electrons. The number of rotatable bonds is 3. The molecular weight excluding hydrogens is 299 g/mol. The molecule has 1 N–H and O–H groups in total. The number of hydrogen-bond donors (Lipinski definition) is 1. The Bertz CT molecular complexity index is 610. The fourth-order valence-electron chi connectivity index (χ4n) is 1.25. The lowest BCUT2D eigenvalue weighted by atomic mass is 10.3. The first-order valence-corrected chi connectivity index (χ1v) is 6.59. The van der Waals surface area contributed by atoms with E-state index in [4.69, 9.17) is 5.11 Å². The Morgan fingerprint density at radius 2 is 2.11 bits per heavy atom. The summed E-state index contributed by atoms with van der Waals surface area (Å²) in [5.41, 5.74) is -0.779. The van der Waals surface area contributed by atoms with Crippen LogP contribution in [0.15, 0.2) is 39.7 Å². The molecule has 0 saturated carbocycles. The quantitative estimate of drug-likeness (QED) is 0.931. The molecule has 8 heteroatoms. The number of thiophene rings is 1. The van der Waals surface area contributed by atoms with Gasteiger partial charge in [-0.2, -0.15) is 13.2 Å². The smallest absolute Gasteiger partial charge is 0.416 e.